The summed E-state index contributed by atoms with van der Waals surface area (Å²) in [4.78, 5) is 5.08. The Morgan fingerprint density at radius 2 is 1.03 bits per heavy atom. The lowest BCUT2D eigenvalue weighted by Gasteiger charge is -2.45. The van der Waals surface area contributed by atoms with E-state index >= 15 is 0 Å². The Balaban J connectivity index is 1.22. The molecule has 0 aliphatic carbocycles. The van der Waals surface area contributed by atoms with Crippen molar-refractivity contribution in [2.45, 2.75) is 85.5 Å². The highest BCUT2D eigenvalue weighted by Gasteiger charge is 2.44. The first-order valence-electron chi connectivity index (χ1n) is 21.2. The summed E-state index contributed by atoms with van der Waals surface area (Å²) in [6.45, 7) is 23.1. The minimum Gasteiger partial charge on any atom is -0.456 e. The van der Waals surface area contributed by atoms with Gasteiger partial charge >= 0.3 is 0 Å². The molecule has 0 radical (unpaired) electrons. The second-order valence-electron chi connectivity index (χ2n) is 20.0. The van der Waals surface area contributed by atoms with Crippen molar-refractivity contribution in [2.24, 2.45) is 0 Å². The van der Waals surface area contributed by atoms with Crippen LogP contribution in [-0.2, 0) is 16.2 Å². The Kier molecular flexibility index (Phi) is 8.22. The zero-order valence-corrected chi connectivity index (χ0v) is 36.2. The molecular weight excluding hydrogens is 715 g/mol. The second-order valence-corrected chi connectivity index (χ2v) is 20.0. The van der Waals surface area contributed by atoms with Crippen molar-refractivity contribution >= 4 is 79.2 Å². The van der Waals surface area contributed by atoms with Crippen LogP contribution in [0.3, 0.4) is 0 Å². The van der Waals surface area contributed by atoms with Crippen LogP contribution in [-0.4, -0.2) is 6.71 Å². The van der Waals surface area contributed by atoms with E-state index in [9.17, 15) is 0 Å². The summed E-state index contributed by atoms with van der Waals surface area (Å²) < 4.78 is 6.36. The molecule has 59 heavy (non-hydrogen) atoms. The van der Waals surface area contributed by atoms with Crippen LogP contribution >= 0.6 is 0 Å². The van der Waals surface area contributed by atoms with Crippen LogP contribution in [0.25, 0.3) is 33.1 Å². The van der Waals surface area contributed by atoms with Gasteiger partial charge in [0.2, 0.25) is 0 Å². The van der Waals surface area contributed by atoms with Gasteiger partial charge in [0.25, 0.3) is 6.71 Å². The summed E-state index contributed by atoms with van der Waals surface area (Å²) in [5.74, 6) is 0. The topological polar surface area (TPSA) is 19.6 Å². The Morgan fingerprint density at radius 3 is 1.75 bits per heavy atom. The number of aryl methyl sites for hydroxylation is 1. The molecule has 4 heteroatoms. The molecule has 3 nitrogen and oxygen atoms in total. The lowest BCUT2D eigenvalue weighted by molar-refractivity contribution is 0.590. The minimum atomic E-state index is -0.0140. The SMILES string of the molecule is Cc1cc2c3c(c1)N(c1ccc(C(C)(C)C)cc1)c1cc(C(C)(C)C)ccc1B3c1cc(C(C)(C)C)ccc1N2c1cccc(-c2ccc3c(c2)oc2ccccc23)c1. The van der Waals surface area contributed by atoms with Gasteiger partial charge in [-0.05, 0) is 140 Å². The van der Waals surface area contributed by atoms with Crippen LogP contribution in [0, 0.1) is 6.92 Å². The average Bonchev–Trinajstić information content (AvgIpc) is 3.57. The zero-order chi connectivity index (χ0) is 41.2. The first-order chi connectivity index (χ1) is 28.0. The van der Waals surface area contributed by atoms with Gasteiger partial charge in [0, 0.05) is 44.9 Å². The van der Waals surface area contributed by atoms with Gasteiger partial charge in [-0.2, -0.15) is 0 Å². The van der Waals surface area contributed by atoms with E-state index in [1.807, 2.05) is 12.1 Å². The van der Waals surface area contributed by atoms with Crippen LogP contribution in [0.2, 0.25) is 0 Å². The highest BCUT2D eigenvalue weighted by atomic mass is 16.3. The molecule has 3 heterocycles. The van der Waals surface area contributed by atoms with Crippen molar-refractivity contribution in [3.05, 3.63) is 162 Å². The largest absolute Gasteiger partial charge is 0.456 e. The van der Waals surface area contributed by atoms with Crippen molar-refractivity contribution in [1.82, 2.24) is 0 Å². The van der Waals surface area contributed by atoms with E-state index in [0.29, 0.717) is 0 Å². The number of para-hydroxylation sites is 1. The maximum Gasteiger partial charge on any atom is 0.252 e. The Bertz CT molecular complexity index is 2970. The molecule has 0 N–H and O–H groups in total. The average molecular weight is 769 g/mol. The van der Waals surface area contributed by atoms with Crippen molar-refractivity contribution in [1.29, 1.82) is 0 Å². The maximum absolute atomic E-state index is 6.36. The number of hydrogen-bond donors (Lipinski definition) is 0. The van der Waals surface area contributed by atoms with Gasteiger partial charge in [0.05, 0.1) is 0 Å². The molecule has 7 aromatic carbocycles. The molecule has 2 aliphatic rings. The fourth-order valence-electron chi connectivity index (χ4n) is 9.46. The number of rotatable bonds is 3. The number of nitrogens with zero attached hydrogens (tertiary/aromatic N) is 2. The predicted molar refractivity (Wildman–Crippen MR) is 254 cm³/mol. The Morgan fingerprint density at radius 1 is 0.424 bits per heavy atom. The quantitative estimate of drug-likeness (QED) is 0.167. The third-order valence-electron chi connectivity index (χ3n) is 12.8. The summed E-state index contributed by atoms with van der Waals surface area (Å²) in [7, 11) is 0. The monoisotopic (exact) mass is 768 g/mol. The summed E-state index contributed by atoms with van der Waals surface area (Å²) in [6.07, 6.45) is 0. The van der Waals surface area contributed by atoms with E-state index in [1.54, 1.807) is 0 Å². The number of fused-ring (bicyclic) bond motifs is 7. The van der Waals surface area contributed by atoms with Crippen molar-refractivity contribution < 1.29 is 4.42 Å². The van der Waals surface area contributed by atoms with E-state index in [-0.39, 0.29) is 23.0 Å². The van der Waals surface area contributed by atoms with E-state index in [2.05, 4.69) is 206 Å². The van der Waals surface area contributed by atoms with Crippen LogP contribution < -0.4 is 26.2 Å². The molecule has 2 aliphatic heterocycles. The molecular formula is C55H53BN2O. The summed E-state index contributed by atoms with van der Waals surface area (Å²) in [6, 6.07) is 52.7. The van der Waals surface area contributed by atoms with Crippen molar-refractivity contribution in [2.75, 3.05) is 9.80 Å². The zero-order valence-electron chi connectivity index (χ0n) is 36.2. The number of anilines is 6. The third-order valence-corrected chi connectivity index (χ3v) is 12.8. The first kappa shape index (κ1) is 37.3. The molecule has 0 unspecified atom stereocenters. The van der Waals surface area contributed by atoms with Gasteiger partial charge < -0.3 is 14.2 Å². The number of benzene rings is 7. The van der Waals surface area contributed by atoms with Crippen LogP contribution in [0.4, 0.5) is 34.1 Å². The molecule has 0 bridgehead atoms. The highest BCUT2D eigenvalue weighted by molar-refractivity contribution is 7.00. The molecule has 1 aromatic heterocycles. The number of furan rings is 1. The fraction of sp³-hybridized carbons (Fsp3) is 0.236. The van der Waals surface area contributed by atoms with Crippen LogP contribution in [0.5, 0.6) is 0 Å². The first-order valence-corrected chi connectivity index (χ1v) is 21.2. The van der Waals surface area contributed by atoms with Gasteiger partial charge in [-0.25, -0.2) is 0 Å². The van der Waals surface area contributed by atoms with E-state index in [0.717, 1.165) is 38.8 Å². The molecule has 292 valence electrons. The summed E-state index contributed by atoms with van der Waals surface area (Å²) in [5.41, 5.74) is 20.7. The number of hydrogen-bond acceptors (Lipinski definition) is 3. The van der Waals surface area contributed by atoms with Gasteiger partial charge in [0.1, 0.15) is 11.2 Å². The molecule has 0 saturated heterocycles. The molecule has 0 fully saturated rings. The molecule has 0 atom stereocenters. The van der Waals surface area contributed by atoms with Crippen LogP contribution in [0.1, 0.15) is 84.6 Å². The molecule has 0 saturated carbocycles. The molecule has 0 amide bonds. The van der Waals surface area contributed by atoms with Crippen molar-refractivity contribution in [3.63, 3.8) is 0 Å². The fourth-order valence-corrected chi connectivity index (χ4v) is 9.46. The van der Waals surface area contributed by atoms with Crippen LogP contribution in [0.15, 0.2) is 144 Å². The van der Waals surface area contributed by atoms with Gasteiger partial charge in [-0.15, -0.1) is 0 Å². The molecule has 8 aromatic rings. The Hall–Kier alpha value is -6.00. The summed E-state index contributed by atoms with van der Waals surface area (Å²) in [5, 5.41) is 2.29. The van der Waals surface area contributed by atoms with Gasteiger partial charge in [-0.3, -0.25) is 0 Å². The summed E-state index contributed by atoms with van der Waals surface area (Å²) >= 11 is 0. The molecule has 0 spiro atoms. The second kappa shape index (κ2) is 13.0. The van der Waals surface area contributed by atoms with E-state index < -0.39 is 0 Å². The van der Waals surface area contributed by atoms with E-state index in [4.69, 9.17) is 4.42 Å². The van der Waals surface area contributed by atoms with Gasteiger partial charge in [0.15, 0.2) is 0 Å². The van der Waals surface area contributed by atoms with E-state index in [1.165, 1.54) is 67.1 Å². The standard InChI is InChI=1S/C55H53BN2O/c1-34-28-48-52-49(29-34)58(41-15-13-14-35(30-41)36-18-25-43-42-16-11-12-17-50(42)59-51(43)31-36)46-27-22-38(54(5,6)7)32-45(46)56(52)44-26-21-39(55(8,9)10)33-47(44)57(48)40-23-19-37(20-24-40)53(2,3)4/h11-33H,1-10H3. The third kappa shape index (κ3) is 6.10. The highest BCUT2D eigenvalue weighted by Crippen LogP contribution is 2.46. The van der Waals surface area contributed by atoms with Crippen molar-refractivity contribution in [3.8, 4) is 11.1 Å². The molecule has 10 rings (SSSR count). The Labute approximate surface area is 350 Å². The minimum absolute atomic E-state index is 0.00450. The lowest BCUT2D eigenvalue weighted by atomic mass is 9.33. The smallest absolute Gasteiger partial charge is 0.252 e. The normalized spacial score (nSPS) is 13.8. The maximum atomic E-state index is 6.36. The lowest BCUT2D eigenvalue weighted by Crippen LogP contribution is -2.61. The predicted octanol–water partition coefficient (Wildman–Crippen LogP) is 13.5. The van der Waals surface area contributed by atoms with Gasteiger partial charge in [-0.1, -0.05) is 135 Å².